The Labute approximate surface area is 104 Å². The van der Waals surface area contributed by atoms with Gasteiger partial charge in [-0.25, -0.2) is 0 Å². The van der Waals surface area contributed by atoms with Gasteiger partial charge in [0, 0.05) is 6.42 Å². The van der Waals surface area contributed by atoms with Gasteiger partial charge < -0.3 is 10.0 Å². The number of nitrogens with zero attached hydrogens (tertiary/aromatic N) is 1. The average molecular weight is 237 g/mol. The highest BCUT2D eigenvalue weighted by Gasteiger charge is 2.40. The minimum atomic E-state index is -0.609. The summed E-state index contributed by atoms with van der Waals surface area (Å²) >= 11 is 0. The van der Waals surface area contributed by atoms with E-state index < -0.39 is 11.4 Å². The van der Waals surface area contributed by atoms with E-state index in [1.54, 1.807) is 0 Å². The fourth-order valence-corrected chi connectivity index (χ4v) is 2.66. The zero-order valence-corrected chi connectivity index (χ0v) is 10.7. The van der Waals surface area contributed by atoms with Gasteiger partial charge in [-0.05, 0) is 45.3 Å². The van der Waals surface area contributed by atoms with Crippen molar-refractivity contribution in [3.63, 3.8) is 0 Å². The van der Waals surface area contributed by atoms with Crippen LogP contribution in [0.1, 0.15) is 45.4 Å². The Morgan fingerprint density at radius 3 is 2.59 bits per heavy atom. The van der Waals surface area contributed by atoms with E-state index in [9.17, 15) is 9.90 Å². The third-order valence-corrected chi connectivity index (χ3v) is 3.79. The van der Waals surface area contributed by atoms with Gasteiger partial charge in [-0.15, -0.1) is 12.3 Å². The first-order valence-corrected chi connectivity index (χ1v) is 6.54. The number of aliphatic carboxylic acids is 1. The number of likely N-dealkylation sites (tertiary alicyclic amines) is 1. The van der Waals surface area contributed by atoms with Crippen molar-refractivity contribution in [3.8, 4) is 12.3 Å². The van der Waals surface area contributed by atoms with E-state index in [0.717, 1.165) is 58.2 Å². The van der Waals surface area contributed by atoms with Crippen molar-refractivity contribution in [2.45, 2.75) is 45.4 Å². The van der Waals surface area contributed by atoms with Gasteiger partial charge in [-0.2, -0.15) is 0 Å². The Hall–Kier alpha value is -1.01. The number of carboxylic acid groups (broad SMARTS) is 1. The first-order valence-electron chi connectivity index (χ1n) is 6.54. The summed E-state index contributed by atoms with van der Waals surface area (Å²) in [4.78, 5) is 13.7. The summed E-state index contributed by atoms with van der Waals surface area (Å²) in [6.07, 6.45) is 10.4. The molecule has 0 aliphatic carbocycles. The van der Waals surface area contributed by atoms with E-state index in [1.165, 1.54) is 0 Å². The summed E-state index contributed by atoms with van der Waals surface area (Å²) in [5, 5.41) is 9.38. The molecule has 0 spiro atoms. The van der Waals surface area contributed by atoms with Gasteiger partial charge in [-0.3, -0.25) is 4.79 Å². The van der Waals surface area contributed by atoms with Crippen LogP contribution in [0.4, 0.5) is 0 Å². The van der Waals surface area contributed by atoms with Crippen molar-refractivity contribution >= 4 is 5.97 Å². The van der Waals surface area contributed by atoms with E-state index in [2.05, 4.69) is 17.7 Å². The monoisotopic (exact) mass is 237 g/mol. The summed E-state index contributed by atoms with van der Waals surface area (Å²) in [5.74, 6) is 2.03. The van der Waals surface area contributed by atoms with Crippen LogP contribution in [0.3, 0.4) is 0 Å². The Balaban J connectivity index is 2.42. The molecule has 3 nitrogen and oxygen atoms in total. The second kappa shape index (κ2) is 6.66. The maximum absolute atomic E-state index is 11.4. The van der Waals surface area contributed by atoms with Crippen molar-refractivity contribution in [1.82, 2.24) is 4.90 Å². The van der Waals surface area contributed by atoms with Crippen LogP contribution in [0, 0.1) is 17.8 Å². The first-order chi connectivity index (χ1) is 8.14. The standard InChI is InChI=1S/C14H23NO2/c1-3-5-6-10-15-11-8-14(7-4-2,9-12-15)13(16)17/h1H,4-12H2,2H3,(H,16,17). The molecule has 0 bridgehead atoms. The molecule has 1 rings (SSSR count). The second-order valence-corrected chi connectivity index (χ2v) is 4.98. The molecule has 17 heavy (non-hydrogen) atoms. The third kappa shape index (κ3) is 3.74. The molecule has 0 radical (unpaired) electrons. The number of hydrogen-bond acceptors (Lipinski definition) is 2. The van der Waals surface area contributed by atoms with Crippen LogP contribution in [0.2, 0.25) is 0 Å². The van der Waals surface area contributed by atoms with Crippen LogP contribution in [0.15, 0.2) is 0 Å². The largest absolute Gasteiger partial charge is 0.481 e. The summed E-state index contributed by atoms with van der Waals surface area (Å²) in [6, 6.07) is 0. The van der Waals surface area contributed by atoms with E-state index in [0.29, 0.717) is 0 Å². The molecule has 0 amide bonds. The van der Waals surface area contributed by atoms with Crippen LogP contribution in [0.5, 0.6) is 0 Å². The summed E-state index contributed by atoms with van der Waals surface area (Å²) in [6.45, 7) is 4.86. The number of piperidine rings is 1. The lowest BCUT2D eigenvalue weighted by molar-refractivity contribution is -0.152. The zero-order chi connectivity index (χ0) is 12.7. The van der Waals surface area contributed by atoms with Gasteiger partial charge >= 0.3 is 5.97 Å². The van der Waals surface area contributed by atoms with E-state index in [4.69, 9.17) is 6.42 Å². The van der Waals surface area contributed by atoms with E-state index in [-0.39, 0.29) is 0 Å². The number of carboxylic acids is 1. The average Bonchev–Trinajstić information content (AvgIpc) is 2.32. The maximum atomic E-state index is 11.4. The molecule has 1 aliphatic rings. The van der Waals surface area contributed by atoms with E-state index >= 15 is 0 Å². The summed E-state index contributed by atoms with van der Waals surface area (Å²) < 4.78 is 0. The smallest absolute Gasteiger partial charge is 0.309 e. The number of rotatable bonds is 6. The molecule has 1 aliphatic heterocycles. The molecule has 3 heteroatoms. The number of hydrogen-bond donors (Lipinski definition) is 1. The first kappa shape index (κ1) is 14.1. The summed E-state index contributed by atoms with van der Waals surface area (Å²) in [7, 11) is 0. The highest BCUT2D eigenvalue weighted by Crippen LogP contribution is 2.36. The third-order valence-electron chi connectivity index (χ3n) is 3.79. The molecule has 1 fully saturated rings. The zero-order valence-electron chi connectivity index (χ0n) is 10.7. The molecule has 1 N–H and O–H groups in total. The van der Waals surface area contributed by atoms with Gasteiger partial charge in [0.05, 0.1) is 5.41 Å². The molecule has 0 aromatic carbocycles. The Morgan fingerprint density at radius 1 is 1.47 bits per heavy atom. The number of terminal acetylenes is 1. The Morgan fingerprint density at radius 2 is 2.12 bits per heavy atom. The topological polar surface area (TPSA) is 40.5 Å². The van der Waals surface area contributed by atoms with Crippen molar-refractivity contribution in [2.75, 3.05) is 19.6 Å². The van der Waals surface area contributed by atoms with Crippen molar-refractivity contribution in [3.05, 3.63) is 0 Å². The van der Waals surface area contributed by atoms with Gasteiger partial charge in [-0.1, -0.05) is 13.3 Å². The second-order valence-electron chi connectivity index (χ2n) is 4.98. The van der Waals surface area contributed by atoms with Gasteiger partial charge in [0.1, 0.15) is 0 Å². The van der Waals surface area contributed by atoms with Crippen molar-refractivity contribution in [2.24, 2.45) is 5.41 Å². The van der Waals surface area contributed by atoms with Crippen LogP contribution in [-0.2, 0) is 4.79 Å². The molecule has 1 saturated heterocycles. The van der Waals surface area contributed by atoms with Crippen LogP contribution in [-0.4, -0.2) is 35.6 Å². The van der Waals surface area contributed by atoms with Crippen LogP contribution < -0.4 is 0 Å². The minimum absolute atomic E-state index is 0.461. The highest BCUT2D eigenvalue weighted by atomic mass is 16.4. The Bertz CT molecular complexity index is 285. The lowest BCUT2D eigenvalue weighted by Gasteiger charge is -2.38. The highest BCUT2D eigenvalue weighted by molar-refractivity contribution is 5.74. The van der Waals surface area contributed by atoms with Crippen molar-refractivity contribution in [1.29, 1.82) is 0 Å². The SMILES string of the molecule is C#CCCCN1CCC(CCC)(C(=O)O)CC1. The molecule has 0 saturated carbocycles. The van der Waals surface area contributed by atoms with E-state index in [1.807, 2.05) is 0 Å². The molecule has 0 unspecified atom stereocenters. The molecule has 0 aromatic heterocycles. The molecule has 1 heterocycles. The fourth-order valence-electron chi connectivity index (χ4n) is 2.66. The lowest BCUT2D eigenvalue weighted by atomic mass is 9.75. The number of unbranched alkanes of at least 4 members (excludes halogenated alkanes) is 1. The predicted molar refractivity (Wildman–Crippen MR) is 68.7 cm³/mol. The summed E-state index contributed by atoms with van der Waals surface area (Å²) in [5.41, 5.74) is -0.461. The molecular formula is C14H23NO2. The van der Waals surface area contributed by atoms with Gasteiger partial charge in [0.15, 0.2) is 0 Å². The maximum Gasteiger partial charge on any atom is 0.309 e. The Kier molecular flexibility index (Phi) is 5.50. The quantitative estimate of drug-likeness (QED) is 0.569. The fraction of sp³-hybridized carbons (Fsp3) is 0.786. The lowest BCUT2D eigenvalue weighted by Crippen LogP contribution is -2.44. The predicted octanol–water partition coefficient (Wildman–Crippen LogP) is 2.37. The molecule has 96 valence electrons. The van der Waals surface area contributed by atoms with Gasteiger partial charge in [0.2, 0.25) is 0 Å². The van der Waals surface area contributed by atoms with Gasteiger partial charge in [0.25, 0.3) is 0 Å². The molecule has 0 aromatic rings. The van der Waals surface area contributed by atoms with Crippen LogP contribution in [0.25, 0.3) is 0 Å². The van der Waals surface area contributed by atoms with Crippen molar-refractivity contribution < 1.29 is 9.90 Å². The minimum Gasteiger partial charge on any atom is -0.481 e. The van der Waals surface area contributed by atoms with Crippen LogP contribution >= 0.6 is 0 Å². The molecular weight excluding hydrogens is 214 g/mol. The normalized spacial score (nSPS) is 19.8. The molecule has 0 atom stereocenters. The number of carbonyl (C=O) groups is 1.